The summed E-state index contributed by atoms with van der Waals surface area (Å²) >= 11 is 0. The minimum atomic E-state index is 0.778. The number of pyridine rings is 1. The molecule has 3 heteroatoms. The first-order chi connectivity index (χ1) is 17.8. The van der Waals surface area contributed by atoms with Crippen molar-refractivity contribution < 1.29 is 4.42 Å². The molecule has 0 N–H and O–H groups in total. The normalized spacial score (nSPS) is 11.3. The molecule has 0 aliphatic carbocycles. The molecule has 5 aromatic carbocycles. The van der Waals surface area contributed by atoms with Crippen molar-refractivity contribution in [2.45, 2.75) is 0 Å². The van der Waals surface area contributed by atoms with Crippen LogP contribution in [-0.4, -0.2) is 4.98 Å². The molecule has 3 nitrogen and oxygen atoms in total. The number of aromatic nitrogens is 1. The Morgan fingerprint density at radius 2 is 1.22 bits per heavy atom. The van der Waals surface area contributed by atoms with Crippen LogP contribution in [0, 0.1) is 0 Å². The zero-order chi connectivity index (χ0) is 23.9. The van der Waals surface area contributed by atoms with Gasteiger partial charge in [-0.2, -0.15) is 0 Å². The maximum Gasteiger partial charge on any atom is 0.155 e. The van der Waals surface area contributed by atoms with Gasteiger partial charge in [0.2, 0.25) is 0 Å². The molecule has 0 radical (unpaired) electrons. The summed E-state index contributed by atoms with van der Waals surface area (Å²) in [6, 6.07) is 42.4. The quantitative estimate of drug-likeness (QED) is 0.261. The lowest BCUT2D eigenvalue weighted by Gasteiger charge is -2.26. The van der Waals surface area contributed by atoms with E-state index in [9.17, 15) is 0 Å². The monoisotopic (exact) mass is 462 g/mol. The Morgan fingerprint density at radius 1 is 0.528 bits per heavy atom. The number of fused-ring (bicyclic) bond motifs is 4. The number of nitrogens with zero attached hydrogens (tertiary/aromatic N) is 2. The molecule has 0 fully saturated rings. The van der Waals surface area contributed by atoms with Crippen molar-refractivity contribution in [2.75, 3.05) is 4.90 Å². The molecule has 0 saturated carbocycles. The zero-order valence-electron chi connectivity index (χ0n) is 19.5. The van der Waals surface area contributed by atoms with Crippen LogP contribution < -0.4 is 4.90 Å². The van der Waals surface area contributed by atoms with Crippen molar-refractivity contribution >= 4 is 49.8 Å². The second-order valence-corrected chi connectivity index (χ2v) is 8.91. The topological polar surface area (TPSA) is 29.3 Å². The molecule has 7 rings (SSSR count). The van der Waals surface area contributed by atoms with Crippen LogP contribution in [-0.2, 0) is 0 Å². The molecule has 2 heterocycles. The Kier molecular flexibility index (Phi) is 4.78. The number of benzene rings is 5. The van der Waals surface area contributed by atoms with Crippen LogP contribution in [0.1, 0.15) is 0 Å². The minimum absolute atomic E-state index is 0.778. The van der Waals surface area contributed by atoms with E-state index in [-0.39, 0.29) is 0 Å². The van der Waals surface area contributed by atoms with E-state index in [1.807, 2.05) is 24.4 Å². The van der Waals surface area contributed by atoms with E-state index in [2.05, 4.69) is 113 Å². The fraction of sp³-hybridized carbons (Fsp3) is 0. The average Bonchev–Trinajstić information content (AvgIpc) is 3.33. The Bertz CT molecular complexity index is 1840. The van der Waals surface area contributed by atoms with Crippen molar-refractivity contribution in [1.29, 1.82) is 0 Å². The van der Waals surface area contributed by atoms with Gasteiger partial charge in [0.15, 0.2) is 5.58 Å². The first kappa shape index (κ1) is 20.5. The second kappa shape index (κ2) is 8.40. The summed E-state index contributed by atoms with van der Waals surface area (Å²) in [6.45, 7) is 0. The van der Waals surface area contributed by atoms with Gasteiger partial charge in [0.05, 0.1) is 23.5 Å². The smallest absolute Gasteiger partial charge is 0.155 e. The molecular formula is C33H22N2O. The molecule has 0 atom stereocenters. The molecule has 0 bridgehead atoms. The fourth-order valence-corrected chi connectivity index (χ4v) is 5.01. The van der Waals surface area contributed by atoms with Crippen LogP contribution in [0.25, 0.3) is 43.8 Å². The molecule has 170 valence electrons. The maximum atomic E-state index is 6.17. The van der Waals surface area contributed by atoms with Gasteiger partial charge in [0, 0.05) is 16.8 Å². The van der Waals surface area contributed by atoms with E-state index in [0.29, 0.717) is 0 Å². The number of hydrogen-bond acceptors (Lipinski definition) is 3. The molecule has 7 aromatic rings. The van der Waals surface area contributed by atoms with Gasteiger partial charge in [-0.05, 0) is 52.2 Å². The predicted molar refractivity (Wildman–Crippen MR) is 149 cm³/mol. The van der Waals surface area contributed by atoms with E-state index < -0.39 is 0 Å². The minimum Gasteiger partial charge on any atom is -0.454 e. The highest BCUT2D eigenvalue weighted by Gasteiger charge is 2.20. The van der Waals surface area contributed by atoms with Crippen molar-refractivity contribution in [3.05, 3.63) is 134 Å². The number of para-hydroxylation sites is 1. The molecule has 0 unspecified atom stereocenters. The van der Waals surface area contributed by atoms with Crippen molar-refractivity contribution in [2.24, 2.45) is 0 Å². The highest BCUT2D eigenvalue weighted by molar-refractivity contribution is 6.13. The summed E-state index contributed by atoms with van der Waals surface area (Å²) < 4.78 is 6.17. The molecule has 36 heavy (non-hydrogen) atoms. The predicted octanol–water partition coefficient (Wildman–Crippen LogP) is 9.27. The summed E-state index contributed by atoms with van der Waals surface area (Å²) in [5.74, 6) is 0. The van der Waals surface area contributed by atoms with Gasteiger partial charge in [0.25, 0.3) is 0 Å². The Hall–Kier alpha value is -4.89. The van der Waals surface area contributed by atoms with Crippen LogP contribution in [0.4, 0.5) is 17.1 Å². The third kappa shape index (κ3) is 3.41. The molecule has 0 saturated heterocycles. The van der Waals surface area contributed by atoms with E-state index in [1.165, 1.54) is 21.9 Å². The summed E-state index contributed by atoms with van der Waals surface area (Å²) in [6.07, 6.45) is 3.74. The molecule has 0 aliphatic heterocycles. The fourth-order valence-electron chi connectivity index (χ4n) is 5.01. The number of anilines is 3. The molecular weight excluding hydrogens is 440 g/mol. The van der Waals surface area contributed by atoms with Gasteiger partial charge in [-0.1, -0.05) is 91.0 Å². The van der Waals surface area contributed by atoms with Crippen molar-refractivity contribution in [1.82, 2.24) is 4.98 Å². The van der Waals surface area contributed by atoms with Crippen LogP contribution in [0.5, 0.6) is 0 Å². The maximum absolute atomic E-state index is 6.17. The van der Waals surface area contributed by atoms with Gasteiger partial charge >= 0.3 is 0 Å². The number of rotatable bonds is 4. The lowest BCUT2D eigenvalue weighted by atomic mass is 10.0. The van der Waals surface area contributed by atoms with Gasteiger partial charge < -0.3 is 9.32 Å². The summed E-state index contributed by atoms with van der Waals surface area (Å²) in [5.41, 5.74) is 7.14. The molecule has 0 spiro atoms. The highest BCUT2D eigenvalue weighted by Crippen LogP contribution is 2.43. The van der Waals surface area contributed by atoms with Crippen LogP contribution in [0.3, 0.4) is 0 Å². The van der Waals surface area contributed by atoms with Gasteiger partial charge in [-0.25, -0.2) is 0 Å². The van der Waals surface area contributed by atoms with Crippen LogP contribution in [0.2, 0.25) is 0 Å². The molecule has 0 aliphatic rings. The molecule has 2 aromatic heterocycles. The highest BCUT2D eigenvalue weighted by atomic mass is 16.3. The number of furan rings is 1. The van der Waals surface area contributed by atoms with Gasteiger partial charge in [-0.15, -0.1) is 0 Å². The molecule has 0 amide bonds. The van der Waals surface area contributed by atoms with E-state index >= 15 is 0 Å². The van der Waals surface area contributed by atoms with Gasteiger partial charge in [-0.3, -0.25) is 4.98 Å². The first-order valence-electron chi connectivity index (χ1n) is 12.0. The van der Waals surface area contributed by atoms with E-state index in [4.69, 9.17) is 4.42 Å². The summed E-state index contributed by atoms with van der Waals surface area (Å²) in [5, 5.41) is 4.54. The van der Waals surface area contributed by atoms with Crippen LogP contribution in [0.15, 0.2) is 138 Å². The second-order valence-electron chi connectivity index (χ2n) is 8.91. The number of hydrogen-bond donors (Lipinski definition) is 0. The van der Waals surface area contributed by atoms with E-state index in [0.717, 1.165) is 39.0 Å². The lowest BCUT2D eigenvalue weighted by Crippen LogP contribution is -2.10. The summed E-state index contributed by atoms with van der Waals surface area (Å²) in [7, 11) is 0. The Balaban J connectivity index is 1.47. The Morgan fingerprint density at radius 3 is 2.08 bits per heavy atom. The summed E-state index contributed by atoms with van der Waals surface area (Å²) in [4.78, 5) is 6.85. The average molecular weight is 463 g/mol. The van der Waals surface area contributed by atoms with Crippen molar-refractivity contribution in [3.8, 4) is 11.1 Å². The Labute approximate surface area is 208 Å². The van der Waals surface area contributed by atoms with Gasteiger partial charge in [0.1, 0.15) is 5.58 Å². The van der Waals surface area contributed by atoms with Crippen molar-refractivity contribution in [3.63, 3.8) is 0 Å². The van der Waals surface area contributed by atoms with Crippen LogP contribution >= 0.6 is 0 Å². The third-order valence-electron chi connectivity index (χ3n) is 6.73. The first-order valence-corrected chi connectivity index (χ1v) is 12.0. The van der Waals surface area contributed by atoms with E-state index in [1.54, 1.807) is 6.20 Å². The largest absolute Gasteiger partial charge is 0.454 e. The lowest BCUT2D eigenvalue weighted by molar-refractivity contribution is 0.667. The SMILES string of the molecule is c1ccc(-c2ccc(N(c3ccc4ccccc4c3)c3cncc4oc5ccccc5c34)cc2)cc1. The standard InChI is InChI=1S/C33H22N2O/c1-2-8-23(9-3-1)25-14-17-27(18-15-25)35(28-19-16-24-10-4-5-11-26(24)20-28)30-21-34-22-32-33(30)29-12-6-7-13-31(29)36-32/h1-22H. The zero-order valence-corrected chi connectivity index (χ0v) is 19.5. The third-order valence-corrected chi connectivity index (χ3v) is 6.73.